The number of pyridine rings is 1. The van der Waals surface area contributed by atoms with Crippen molar-refractivity contribution in [3.63, 3.8) is 0 Å². The molecule has 0 atom stereocenters. The van der Waals surface area contributed by atoms with Gasteiger partial charge in [-0.05, 0) is 35.4 Å². The molecule has 182 valence electrons. The van der Waals surface area contributed by atoms with Crippen molar-refractivity contribution in [2.75, 3.05) is 0 Å². The fraction of sp³-hybridized carbons (Fsp3) is 0.0323. The SMILES string of the molecule is O=c1c(-c2ccc3ncccc3c2)c(Cc2ccn[nH]2)nc2c(-c3ccccc3)c(-c3ccccc3)[nH]n12. The van der Waals surface area contributed by atoms with Gasteiger partial charge in [-0.1, -0.05) is 72.8 Å². The Bertz CT molecular complexity index is 1960. The van der Waals surface area contributed by atoms with Crippen LogP contribution in [0.15, 0.2) is 114 Å². The van der Waals surface area contributed by atoms with E-state index in [9.17, 15) is 4.79 Å². The number of nitrogens with one attached hydrogen (secondary N) is 2. The van der Waals surface area contributed by atoms with E-state index in [1.54, 1.807) is 16.9 Å². The molecule has 0 bridgehead atoms. The van der Waals surface area contributed by atoms with Crippen molar-refractivity contribution in [2.24, 2.45) is 0 Å². The van der Waals surface area contributed by atoms with Crippen LogP contribution < -0.4 is 5.56 Å². The number of hydrogen-bond acceptors (Lipinski definition) is 4. The molecule has 0 aliphatic carbocycles. The largest absolute Gasteiger partial charge is 0.288 e. The Labute approximate surface area is 217 Å². The summed E-state index contributed by atoms with van der Waals surface area (Å²) in [5.74, 6) is 0. The highest BCUT2D eigenvalue weighted by Gasteiger charge is 2.23. The molecule has 7 rings (SSSR count). The fourth-order valence-corrected chi connectivity index (χ4v) is 5.02. The molecule has 3 aromatic carbocycles. The average molecular weight is 495 g/mol. The van der Waals surface area contributed by atoms with Gasteiger partial charge in [0.05, 0.1) is 28.0 Å². The van der Waals surface area contributed by atoms with Gasteiger partial charge >= 0.3 is 0 Å². The minimum absolute atomic E-state index is 0.160. The lowest BCUT2D eigenvalue weighted by Gasteiger charge is -2.10. The van der Waals surface area contributed by atoms with Gasteiger partial charge in [0.25, 0.3) is 5.56 Å². The third kappa shape index (κ3) is 3.69. The maximum absolute atomic E-state index is 14.3. The Morgan fingerprint density at radius 1 is 0.737 bits per heavy atom. The van der Waals surface area contributed by atoms with Crippen molar-refractivity contribution in [1.29, 1.82) is 0 Å². The van der Waals surface area contributed by atoms with Crippen LogP contribution in [0.3, 0.4) is 0 Å². The van der Waals surface area contributed by atoms with Crippen LogP contribution in [0.2, 0.25) is 0 Å². The summed E-state index contributed by atoms with van der Waals surface area (Å²) in [6, 6.07) is 31.8. The summed E-state index contributed by atoms with van der Waals surface area (Å²) >= 11 is 0. The molecule has 0 amide bonds. The van der Waals surface area contributed by atoms with E-state index in [1.807, 2.05) is 97.1 Å². The third-order valence-corrected chi connectivity index (χ3v) is 6.79. The van der Waals surface area contributed by atoms with Crippen molar-refractivity contribution in [2.45, 2.75) is 6.42 Å². The molecule has 0 saturated carbocycles. The highest BCUT2D eigenvalue weighted by atomic mass is 16.1. The third-order valence-electron chi connectivity index (χ3n) is 6.79. The van der Waals surface area contributed by atoms with Crippen molar-refractivity contribution in [1.82, 2.24) is 29.8 Å². The van der Waals surface area contributed by atoms with Gasteiger partial charge in [0.15, 0.2) is 5.65 Å². The van der Waals surface area contributed by atoms with Crippen molar-refractivity contribution < 1.29 is 0 Å². The molecule has 0 saturated heterocycles. The summed E-state index contributed by atoms with van der Waals surface area (Å²) in [6.45, 7) is 0. The Morgan fingerprint density at radius 3 is 2.29 bits per heavy atom. The second-order valence-electron chi connectivity index (χ2n) is 9.16. The van der Waals surface area contributed by atoms with E-state index in [0.29, 0.717) is 23.3 Å². The van der Waals surface area contributed by atoms with Crippen LogP contribution in [-0.2, 0) is 6.42 Å². The molecule has 38 heavy (non-hydrogen) atoms. The molecular formula is C31H22N6O. The molecular weight excluding hydrogens is 472 g/mol. The zero-order valence-electron chi connectivity index (χ0n) is 20.3. The molecule has 7 nitrogen and oxygen atoms in total. The Hall–Kier alpha value is -5.30. The molecule has 0 radical (unpaired) electrons. The van der Waals surface area contributed by atoms with Gasteiger partial charge in [-0.3, -0.25) is 20.0 Å². The van der Waals surface area contributed by atoms with E-state index in [4.69, 9.17) is 4.98 Å². The lowest BCUT2D eigenvalue weighted by atomic mass is 9.99. The quantitative estimate of drug-likeness (QED) is 0.312. The minimum Gasteiger partial charge on any atom is -0.288 e. The zero-order valence-corrected chi connectivity index (χ0v) is 20.3. The standard InChI is InChI=1S/C31H22N6O/c38-31-27(23-13-14-25-22(18-23)12-7-16-32-25)26(19-24-15-17-33-35-24)34-30-28(20-8-3-1-4-9-20)29(36-37(30)31)21-10-5-2-6-11-21/h1-18,36H,19H2,(H,33,35). The highest BCUT2D eigenvalue weighted by molar-refractivity contribution is 5.91. The smallest absolute Gasteiger partial charge is 0.280 e. The molecule has 2 N–H and O–H groups in total. The number of fused-ring (bicyclic) bond motifs is 2. The summed E-state index contributed by atoms with van der Waals surface area (Å²) in [5.41, 5.74) is 7.88. The monoisotopic (exact) mass is 494 g/mol. The average Bonchev–Trinajstić information content (AvgIpc) is 3.62. The molecule has 7 heteroatoms. The van der Waals surface area contributed by atoms with Crippen molar-refractivity contribution in [3.05, 3.63) is 131 Å². The van der Waals surface area contributed by atoms with E-state index >= 15 is 0 Å². The van der Waals surface area contributed by atoms with Gasteiger partial charge in [0, 0.05) is 35.5 Å². The first kappa shape index (κ1) is 21.9. The molecule has 0 aliphatic heterocycles. The first-order chi connectivity index (χ1) is 18.8. The number of rotatable bonds is 5. The van der Waals surface area contributed by atoms with Crippen LogP contribution >= 0.6 is 0 Å². The zero-order chi connectivity index (χ0) is 25.5. The molecule has 0 aliphatic rings. The van der Waals surface area contributed by atoms with Crippen LogP contribution in [-0.4, -0.2) is 29.8 Å². The second kappa shape index (κ2) is 8.97. The van der Waals surface area contributed by atoms with E-state index in [1.165, 1.54) is 0 Å². The predicted octanol–water partition coefficient (Wildman–Crippen LogP) is 5.89. The number of hydrogen-bond donors (Lipinski definition) is 2. The molecule has 0 unspecified atom stereocenters. The summed E-state index contributed by atoms with van der Waals surface area (Å²) in [5, 5.41) is 11.5. The van der Waals surface area contributed by atoms with Gasteiger partial charge in [-0.2, -0.15) is 9.61 Å². The summed E-state index contributed by atoms with van der Waals surface area (Å²) in [6.07, 6.45) is 3.91. The molecule has 0 spiro atoms. The van der Waals surface area contributed by atoms with E-state index < -0.39 is 0 Å². The lowest BCUT2D eigenvalue weighted by Crippen LogP contribution is -2.20. The Balaban J connectivity index is 1.56. The number of nitrogens with zero attached hydrogens (tertiary/aromatic N) is 4. The van der Waals surface area contributed by atoms with E-state index in [-0.39, 0.29) is 5.56 Å². The van der Waals surface area contributed by atoms with Gasteiger partial charge in [0.2, 0.25) is 0 Å². The van der Waals surface area contributed by atoms with Gasteiger partial charge in [-0.15, -0.1) is 0 Å². The van der Waals surface area contributed by atoms with E-state index in [0.717, 1.165) is 44.5 Å². The van der Waals surface area contributed by atoms with Crippen molar-refractivity contribution in [3.8, 4) is 33.5 Å². The molecule has 7 aromatic rings. The van der Waals surface area contributed by atoms with Crippen LogP contribution in [0.5, 0.6) is 0 Å². The highest BCUT2D eigenvalue weighted by Crippen LogP contribution is 2.35. The van der Waals surface area contributed by atoms with Gasteiger partial charge in [0.1, 0.15) is 0 Å². The first-order valence-corrected chi connectivity index (χ1v) is 12.4. The Morgan fingerprint density at radius 2 is 1.53 bits per heavy atom. The normalized spacial score (nSPS) is 11.4. The fourth-order valence-electron chi connectivity index (χ4n) is 5.02. The first-order valence-electron chi connectivity index (χ1n) is 12.4. The second-order valence-corrected chi connectivity index (χ2v) is 9.16. The molecule has 4 aromatic heterocycles. The van der Waals surface area contributed by atoms with Crippen molar-refractivity contribution >= 4 is 16.6 Å². The van der Waals surface area contributed by atoms with Crippen LogP contribution in [0.1, 0.15) is 11.4 Å². The summed E-state index contributed by atoms with van der Waals surface area (Å²) in [4.78, 5) is 23.9. The number of aromatic amines is 2. The van der Waals surface area contributed by atoms with E-state index in [2.05, 4.69) is 20.3 Å². The van der Waals surface area contributed by atoms with Gasteiger partial charge < -0.3 is 0 Å². The maximum atomic E-state index is 14.3. The summed E-state index contributed by atoms with van der Waals surface area (Å²) < 4.78 is 1.57. The van der Waals surface area contributed by atoms with Crippen LogP contribution in [0.25, 0.3) is 50.1 Å². The van der Waals surface area contributed by atoms with Crippen LogP contribution in [0, 0.1) is 0 Å². The lowest BCUT2D eigenvalue weighted by molar-refractivity contribution is 0.880. The number of benzene rings is 3. The predicted molar refractivity (Wildman–Crippen MR) is 149 cm³/mol. The number of H-pyrrole nitrogens is 2. The topological polar surface area (TPSA) is 91.7 Å². The molecule has 0 fully saturated rings. The van der Waals surface area contributed by atoms with Gasteiger partial charge in [-0.25, -0.2) is 4.98 Å². The Kier molecular flexibility index (Phi) is 5.18. The summed E-state index contributed by atoms with van der Waals surface area (Å²) in [7, 11) is 0. The minimum atomic E-state index is -0.160. The molecule has 4 heterocycles. The number of aromatic nitrogens is 6. The maximum Gasteiger partial charge on any atom is 0.280 e. The van der Waals surface area contributed by atoms with Crippen LogP contribution in [0.4, 0.5) is 0 Å².